The fourth-order valence-corrected chi connectivity index (χ4v) is 2.84. The number of hydrogen-bond donors (Lipinski definition) is 3. The van der Waals surface area contributed by atoms with E-state index >= 15 is 0 Å². The average molecular weight is 332 g/mol. The van der Waals surface area contributed by atoms with Crippen LogP contribution in [0.5, 0.6) is 17.2 Å². The van der Waals surface area contributed by atoms with Crippen molar-refractivity contribution in [2.24, 2.45) is 0 Å². The molecular weight excluding hydrogens is 316 g/mol. The quantitative estimate of drug-likeness (QED) is 0.488. The third-order valence-corrected chi connectivity index (χ3v) is 4.14. The molecule has 0 aliphatic carbocycles. The second kappa shape index (κ2) is 5.87. The van der Waals surface area contributed by atoms with Crippen molar-refractivity contribution >= 4 is 11.0 Å². The lowest BCUT2D eigenvalue weighted by Gasteiger charge is -2.07. The van der Waals surface area contributed by atoms with Gasteiger partial charge in [-0.25, -0.2) is 4.98 Å². The Hall–Kier alpha value is -3.47. The van der Waals surface area contributed by atoms with Gasteiger partial charge >= 0.3 is 0 Å². The topological polar surface area (TPSA) is 78.4 Å². The maximum absolute atomic E-state index is 9.87. The Morgan fingerprint density at radius 1 is 0.880 bits per heavy atom. The van der Waals surface area contributed by atoms with E-state index in [-0.39, 0.29) is 17.2 Å². The van der Waals surface area contributed by atoms with Crippen molar-refractivity contribution in [2.75, 3.05) is 7.11 Å². The molecule has 0 unspecified atom stereocenters. The number of benzene rings is 3. The van der Waals surface area contributed by atoms with Crippen molar-refractivity contribution in [3.8, 4) is 39.8 Å². The number of methoxy groups -OCH3 is 1. The van der Waals surface area contributed by atoms with E-state index in [0.717, 1.165) is 22.2 Å². The number of imidazole rings is 1. The van der Waals surface area contributed by atoms with Gasteiger partial charge in [-0.15, -0.1) is 0 Å². The molecule has 124 valence electrons. The van der Waals surface area contributed by atoms with E-state index < -0.39 is 0 Å². The number of aromatic nitrogens is 2. The zero-order valence-corrected chi connectivity index (χ0v) is 13.5. The van der Waals surface area contributed by atoms with E-state index in [2.05, 4.69) is 22.1 Å². The van der Waals surface area contributed by atoms with Crippen LogP contribution in [0.1, 0.15) is 0 Å². The fourth-order valence-electron chi connectivity index (χ4n) is 2.84. The summed E-state index contributed by atoms with van der Waals surface area (Å²) < 4.78 is 5.09. The van der Waals surface area contributed by atoms with E-state index in [4.69, 9.17) is 4.74 Å². The van der Waals surface area contributed by atoms with Crippen LogP contribution in [-0.4, -0.2) is 27.3 Å². The summed E-state index contributed by atoms with van der Waals surface area (Å²) in [5.41, 5.74) is 4.56. The van der Waals surface area contributed by atoms with Crippen molar-refractivity contribution in [3.63, 3.8) is 0 Å². The van der Waals surface area contributed by atoms with Gasteiger partial charge in [0.05, 0.1) is 18.1 Å². The largest absolute Gasteiger partial charge is 0.504 e. The van der Waals surface area contributed by atoms with Crippen LogP contribution in [0, 0.1) is 0 Å². The van der Waals surface area contributed by atoms with Gasteiger partial charge in [0.25, 0.3) is 0 Å². The molecule has 0 aliphatic rings. The highest BCUT2D eigenvalue weighted by atomic mass is 16.5. The number of aromatic hydroxyl groups is 2. The first-order chi connectivity index (χ1) is 12.2. The number of nitrogens with one attached hydrogen (secondary N) is 1. The third kappa shape index (κ3) is 2.65. The summed E-state index contributed by atoms with van der Waals surface area (Å²) in [4.78, 5) is 7.82. The summed E-state index contributed by atoms with van der Waals surface area (Å²) in [5.74, 6) is 0.253. The number of nitrogens with zero attached hydrogens (tertiary/aromatic N) is 1. The summed E-state index contributed by atoms with van der Waals surface area (Å²) in [6.07, 6.45) is 0. The van der Waals surface area contributed by atoms with Gasteiger partial charge in [-0.1, -0.05) is 36.4 Å². The molecule has 0 spiro atoms. The van der Waals surface area contributed by atoms with Crippen LogP contribution in [0.2, 0.25) is 0 Å². The molecule has 5 heteroatoms. The Bertz CT molecular complexity index is 1060. The predicted molar refractivity (Wildman–Crippen MR) is 96.8 cm³/mol. The number of ether oxygens (including phenoxy) is 1. The van der Waals surface area contributed by atoms with Gasteiger partial charge in [-0.2, -0.15) is 0 Å². The number of H-pyrrole nitrogens is 1. The number of phenolic OH excluding ortho intramolecular Hbond substituents is 2. The first kappa shape index (κ1) is 15.1. The molecule has 5 nitrogen and oxygen atoms in total. The lowest BCUT2D eigenvalue weighted by Crippen LogP contribution is -1.87. The molecule has 0 aliphatic heterocycles. The van der Waals surface area contributed by atoms with E-state index in [1.165, 1.54) is 13.2 Å². The van der Waals surface area contributed by atoms with Crippen molar-refractivity contribution in [3.05, 3.63) is 60.7 Å². The molecule has 1 aromatic heterocycles. The van der Waals surface area contributed by atoms with Gasteiger partial charge in [-0.05, 0) is 35.4 Å². The summed E-state index contributed by atoms with van der Waals surface area (Å²) in [5, 5.41) is 19.6. The van der Waals surface area contributed by atoms with E-state index in [0.29, 0.717) is 11.4 Å². The Morgan fingerprint density at radius 3 is 2.44 bits per heavy atom. The third-order valence-electron chi connectivity index (χ3n) is 4.14. The van der Waals surface area contributed by atoms with Crippen LogP contribution in [0.3, 0.4) is 0 Å². The van der Waals surface area contributed by atoms with Gasteiger partial charge in [0.2, 0.25) is 5.75 Å². The molecule has 0 bridgehead atoms. The zero-order chi connectivity index (χ0) is 17.4. The SMILES string of the molecule is COc1cc(-c2nc3ccc(-c4ccccc4)cc3[nH]2)cc(O)c1O. The maximum Gasteiger partial charge on any atom is 0.200 e. The summed E-state index contributed by atoms with van der Waals surface area (Å²) in [7, 11) is 1.43. The second-order valence-corrected chi connectivity index (χ2v) is 5.73. The van der Waals surface area contributed by atoms with Gasteiger partial charge < -0.3 is 19.9 Å². The summed E-state index contributed by atoms with van der Waals surface area (Å²) in [6, 6.07) is 19.2. The van der Waals surface area contributed by atoms with Gasteiger partial charge in [0.15, 0.2) is 11.5 Å². The van der Waals surface area contributed by atoms with Crippen LogP contribution in [0.25, 0.3) is 33.5 Å². The molecule has 0 fully saturated rings. The van der Waals surface area contributed by atoms with Crippen molar-refractivity contribution in [1.29, 1.82) is 0 Å². The monoisotopic (exact) mass is 332 g/mol. The van der Waals surface area contributed by atoms with Crippen LogP contribution in [0.15, 0.2) is 60.7 Å². The number of aromatic amines is 1. The minimum absolute atomic E-state index is 0.195. The van der Waals surface area contributed by atoms with Gasteiger partial charge in [0.1, 0.15) is 5.82 Å². The zero-order valence-electron chi connectivity index (χ0n) is 13.5. The van der Waals surface area contributed by atoms with Crippen molar-refractivity contribution in [1.82, 2.24) is 9.97 Å². The average Bonchev–Trinajstić information content (AvgIpc) is 3.08. The minimum Gasteiger partial charge on any atom is -0.504 e. The van der Waals surface area contributed by atoms with E-state index in [1.54, 1.807) is 6.07 Å². The van der Waals surface area contributed by atoms with Crippen molar-refractivity contribution < 1.29 is 14.9 Å². The minimum atomic E-state index is -0.284. The summed E-state index contributed by atoms with van der Waals surface area (Å²) in [6.45, 7) is 0. The fraction of sp³-hybridized carbons (Fsp3) is 0.0500. The molecule has 4 rings (SSSR count). The highest BCUT2D eigenvalue weighted by Gasteiger charge is 2.13. The van der Waals surface area contributed by atoms with Gasteiger partial charge in [0, 0.05) is 5.56 Å². The second-order valence-electron chi connectivity index (χ2n) is 5.73. The van der Waals surface area contributed by atoms with Crippen molar-refractivity contribution in [2.45, 2.75) is 0 Å². The van der Waals surface area contributed by atoms with Crippen LogP contribution < -0.4 is 4.74 Å². The molecule has 25 heavy (non-hydrogen) atoms. The molecule has 0 amide bonds. The first-order valence-corrected chi connectivity index (χ1v) is 7.81. The van der Waals surface area contributed by atoms with Crippen LogP contribution >= 0.6 is 0 Å². The highest BCUT2D eigenvalue weighted by molar-refractivity contribution is 5.85. The lowest BCUT2D eigenvalue weighted by molar-refractivity contribution is 0.351. The number of phenols is 2. The Morgan fingerprint density at radius 2 is 1.68 bits per heavy atom. The molecule has 0 radical (unpaired) electrons. The lowest BCUT2D eigenvalue weighted by atomic mass is 10.1. The first-order valence-electron chi connectivity index (χ1n) is 7.81. The normalized spacial score (nSPS) is 10.9. The number of hydrogen-bond acceptors (Lipinski definition) is 4. The van der Waals surface area contributed by atoms with Gasteiger partial charge in [-0.3, -0.25) is 0 Å². The van der Waals surface area contributed by atoms with E-state index in [9.17, 15) is 10.2 Å². The molecule has 0 saturated heterocycles. The number of fused-ring (bicyclic) bond motifs is 1. The summed E-state index contributed by atoms with van der Waals surface area (Å²) >= 11 is 0. The molecule has 1 heterocycles. The maximum atomic E-state index is 9.87. The Labute approximate surface area is 144 Å². The standard InChI is InChI=1S/C20H16N2O3/c1-25-18-11-14(10-17(23)19(18)24)20-21-15-8-7-13(9-16(15)22-20)12-5-3-2-4-6-12/h2-11,23-24H,1H3,(H,21,22). The Balaban J connectivity index is 1.81. The molecule has 0 atom stereocenters. The Kier molecular flexibility index (Phi) is 3.54. The smallest absolute Gasteiger partial charge is 0.200 e. The molecule has 0 saturated carbocycles. The van der Waals surface area contributed by atoms with Crippen LogP contribution in [-0.2, 0) is 0 Å². The predicted octanol–water partition coefficient (Wildman–Crippen LogP) is 4.32. The molecule has 4 aromatic rings. The highest BCUT2D eigenvalue weighted by Crippen LogP contribution is 2.39. The molecule has 3 aromatic carbocycles. The van der Waals surface area contributed by atoms with Crippen LogP contribution in [0.4, 0.5) is 0 Å². The van der Waals surface area contributed by atoms with E-state index in [1.807, 2.05) is 36.4 Å². The number of rotatable bonds is 3. The molecule has 3 N–H and O–H groups in total. The molecular formula is C20H16N2O3.